The predicted molar refractivity (Wildman–Crippen MR) is 146 cm³/mol. The molecule has 3 fully saturated rings. The molecule has 0 spiro atoms. The highest BCUT2D eigenvalue weighted by Gasteiger charge is 2.24. The molecule has 4 rings (SSSR count). The molecule has 0 radical (unpaired) electrons. The Morgan fingerprint density at radius 3 is 1.12 bits per heavy atom. The number of hydrogen-bond acceptors (Lipinski definition) is 2. The van der Waals surface area contributed by atoms with Gasteiger partial charge in [-0.3, -0.25) is 0 Å². The molecule has 0 amide bonds. The minimum Gasteiger partial charge on any atom is -0.352 e. The van der Waals surface area contributed by atoms with Crippen molar-refractivity contribution in [3.8, 4) is 0 Å². The van der Waals surface area contributed by atoms with Gasteiger partial charge in [0.1, 0.15) is 0 Å². The first kappa shape index (κ1) is 31.2. The summed E-state index contributed by atoms with van der Waals surface area (Å²) < 4.78 is 2.17. The summed E-state index contributed by atoms with van der Waals surface area (Å²) >= 11 is 0. The largest absolute Gasteiger partial charge is 0.352 e. The summed E-state index contributed by atoms with van der Waals surface area (Å²) in [5.74, 6) is 2.06. The van der Waals surface area contributed by atoms with Crippen molar-refractivity contribution in [1.82, 2.24) is 14.4 Å². The summed E-state index contributed by atoms with van der Waals surface area (Å²) in [6.07, 6.45) is 14.3. The highest BCUT2D eigenvalue weighted by atomic mass is 15.2. The molecular formula is C29H59N3. The molecule has 1 aromatic rings. The number of rotatable bonds is 4. The van der Waals surface area contributed by atoms with Crippen molar-refractivity contribution in [1.29, 1.82) is 0 Å². The van der Waals surface area contributed by atoms with E-state index in [4.69, 9.17) is 0 Å². The SMILES string of the molecule is C.CC(C)C1CC1.CC(C)N1CCCC1.CC(C)N1CCCCC1.CC(C)n1cccc1. The zero-order valence-electron chi connectivity index (χ0n) is 22.3. The molecule has 1 aromatic heterocycles. The molecule has 0 aromatic carbocycles. The summed E-state index contributed by atoms with van der Waals surface area (Å²) in [7, 11) is 0. The second kappa shape index (κ2) is 17.6. The van der Waals surface area contributed by atoms with Gasteiger partial charge in [0.15, 0.2) is 0 Å². The molecule has 3 nitrogen and oxygen atoms in total. The first-order chi connectivity index (χ1) is 14.7. The third-order valence-electron chi connectivity index (χ3n) is 6.78. The van der Waals surface area contributed by atoms with Crippen LogP contribution in [0.4, 0.5) is 0 Å². The molecule has 1 saturated carbocycles. The second-order valence-electron chi connectivity index (χ2n) is 10.8. The summed E-state index contributed by atoms with van der Waals surface area (Å²) in [4.78, 5) is 5.09. The van der Waals surface area contributed by atoms with Crippen LogP contribution in [-0.4, -0.2) is 52.6 Å². The Hall–Kier alpha value is -0.800. The van der Waals surface area contributed by atoms with E-state index in [2.05, 4.69) is 82.2 Å². The molecule has 3 heteroatoms. The van der Waals surface area contributed by atoms with Crippen molar-refractivity contribution in [2.24, 2.45) is 11.8 Å². The van der Waals surface area contributed by atoms with Crippen LogP contribution in [-0.2, 0) is 0 Å². The highest BCUT2D eigenvalue weighted by Crippen LogP contribution is 2.35. The fourth-order valence-electron chi connectivity index (χ4n) is 4.15. The molecule has 3 heterocycles. The van der Waals surface area contributed by atoms with E-state index in [-0.39, 0.29) is 7.43 Å². The van der Waals surface area contributed by atoms with E-state index in [9.17, 15) is 0 Å². The van der Waals surface area contributed by atoms with Crippen LogP contribution in [0.3, 0.4) is 0 Å². The van der Waals surface area contributed by atoms with Crippen molar-refractivity contribution in [3.63, 3.8) is 0 Å². The number of likely N-dealkylation sites (tertiary alicyclic amines) is 2. The van der Waals surface area contributed by atoms with E-state index < -0.39 is 0 Å². The van der Waals surface area contributed by atoms with Crippen LogP contribution >= 0.6 is 0 Å². The van der Waals surface area contributed by atoms with E-state index in [1.165, 1.54) is 71.1 Å². The first-order valence-corrected chi connectivity index (χ1v) is 13.3. The van der Waals surface area contributed by atoms with E-state index in [1.54, 1.807) is 0 Å². The fraction of sp³-hybridized carbons (Fsp3) is 0.862. The molecule has 0 N–H and O–H groups in total. The van der Waals surface area contributed by atoms with Gasteiger partial charge >= 0.3 is 0 Å². The third-order valence-corrected chi connectivity index (χ3v) is 6.78. The summed E-state index contributed by atoms with van der Waals surface area (Å²) in [6, 6.07) is 6.23. The Kier molecular flexibility index (Phi) is 17.2. The second-order valence-corrected chi connectivity index (χ2v) is 10.8. The maximum atomic E-state index is 2.56. The standard InChI is InChI=1S/C8H17N.C7H15N.C7H11N.C6H12.CH4/c1-8(2)9-6-4-3-5-7-9;2*1-7(2)8-5-3-4-6-8;1-5(2)6-3-4-6;/h8H,3-7H2,1-2H3;7H,3-6H2,1-2H3;3-7H,1-2H3;5-6H,3-4H2,1-2H3;1H4. The Morgan fingerprint density at radius 2 is 0.938 bits per heavy atom. The molecule has 0 atom stereocenters. The summed E-state index contributed by atoms with van der Waals surface area (Å²) in [6.45, 7) is 23.4. The molecule has 0 bridgehead atoms. The average Bonchev–Trinajstić information content (AvgIpc) is 3.21. The lowest BCUT2D eigenvalue weighted by Crippen LogP contribution is -2.35. The Morgan fingerprint density at radius 1 is 0.562 bits per heavy atom. The zero-order valence-corrected chi connectivity index (χ0v) is 22.3. The van der Waals surface area contributed by atoms with Crippen molar-refractivity contribution in [2.75, 3.05) is 26.2 Å². The smallest absolute Gasteiger partial charge is 0.0274 e. The van der Waals surface area contributed by atoms with Crippen molar-refractivity contribution in [3.05, 3.63) is 24.5 Å². The van der Waals surface area contributed by atoms with Gasteiger partial charge in [-0.15, -0.1) is 0 Å². The van der Waals surface area contributed by atoms with Crippen LogP contribution < -0.4 is 0 Å². The van der Waals surface area contributed by atoms with Crippen LogP contribution in [0.2, 0.25) is 0 Å². The Balaban J connectivity index is 0.000000400. The molecular weight excluding hydrogens is 390 g/mol. The number of aromatic nitrogens is 1. The lowest BCUT2D eigenvalue weighted by atomic mass is 10.1. The fourth-order valence-corrected chi connectivity index (χ4v) is 4.15. The van der Waals surface area contributed by atoms with Gasteiger partial charge in [0.2, 0.25) is 0 Å². The monoisotopic (exact) mass is 449 g/mol. The van der Waals surface area contributed by atoms with Gasteiger partial charge in [-0.25, -0.2) is 0 Å². The molecule has 0 unspecified atom stereocenters. The number of nitrogens with zero attached hydrogens (tertiary/aromatic N) is 3. The molecule has 190 valence electrons. The van der Waals surface area contributed by atoms with Crippen molar-refractivity contribution in [2.45, 2.75) is 126 Å². The molecule has 2 aliphatic heterocycles. The zero-order chi connectivity index (χ0) is 23.2. The maximum absolute atomic E-state index is 2.56. The van der Waals surface area contributed by atoms with Crippen molar-refractivity contribution < 1.29 is 0 Å². The number of piperidine rings is 1. The minimum absolute atomic E-state index is 0. The van der Waals surface area contributed by atoms with Gasteiger partial charge in [0.05, 0.1) is 0 Å². The van der Waals surface area contributed by atoms with Gasteiger partial charge < -0.3 is 14.4 Å². The highest BCUT2D eigenvalue weighted by molar-refractivity contribution is 4.91. The predicted octanol–water partition coefficient (Wildman–Crippen LogP) is 8.13. The van der Waals surface area contributed by atoms with Crippen LogP contribution in [0.15, 0.2) is 24.5 Å². The molecule has 3 aliphatic rings. The van der Waals surface area contributed by atoms with Gasteiger partial charge in [0, 0.05) is 30.5 Å². The topological polar surface area (TPSA) is 11.4 Å². The lowest BCUT2D eigenvalue weighted by molar-refractivity contribution is 0.185. The summed E-state index contributed by atoms with van der Waals surface area (Å²) in [5.41, 5.74) is 0. The van der Waals surface area contributed by atoms with Crippen LogP contribution in [0.1, 0.15) is 114 Å². The van der Waals surface area contributed by atoms with E-state index in [0.29, 0.717) is 6.04 Å². The Bertz CT molecular complexity index is 503. The minimum atomic E-state index is 0. The van der Waals surface area contributed by atoms with E-state index in [1.807, 2.05) is 12.1 Å². The van der Waals surface area contributed by atoms with Gasteiger partial charge in [0.25, 0.3) is 0 Å². The van der Waals surface area contributed by atoms with Crippen molar-refractivity contribution >= 4 is 0 Å². The van der Waals surface area contributed by atoms with Crippen LogP contribution in [0.25, 0.3) is 0 Å². The third kappa shape index (κ3) is 14.4. The average molecular weight is 450 g/mol. The van der Waals surface area contributed by atoms with Crippen LogP contribution in [0.5, 0.6) is 0 Å². The summed E-state index contributed by atoms with van der Waals surface area (Å²) in [5, 5.41) is 0. The normalized spacial score (nSPS) is 19.0. The van der Waals surface area contributed by atoms with E-state index >= 15 is 0 Å². The van der Waals surface area contributed by atoms with Gasteiger partial charge in [-0.1, -0.05) is 27.7 Å². The van der Waals surface area contributed by atoms with E-state index in [0.717, 1.165) is 23.9 Å². The quantitative estimate of drug-likeness (QED) is 0.459. The number of hydrogen-bond donors (Lipinski definition) is 0. The Labute approximate surface area is 202 Å². The van der Waals surface area contributed by atoms with Crippen LogP contribution in [0, 0.1) is 11.8 Å². The molecule has 32 heavy (non-hydrogen) atoms. The van der Waals surface area contributed by atoms with Gasteiger partial charge in [-0.2, -0.15) is 0 Å². The van der Waals surface area contributed by atoms with Gasteiger partial charge in [-0.05, 0) is 130 Å². The lowest BCUT2D eigenvalue weighted by Gasteiger charge is -2.29. The maximum Gasteiger partial charge on any atom is 0.0274 e. The molecule has 1 aliphatic carbocycles. The first-order valence-electron chi connectivity index (χ1n) is 13.3. The molecule has 2 saturated heterocycles.